The van der Waals surface area contributed by atoms with E-state index in [-0.39, 0.29) is 11.8 Å². The first-order valence-electron chi connectivity index (χ1n) is 8.08. The highest BCUT2D eigenvalue weighted by atomic mass is 35.5. The topological polar surface area (TPSA) is 47.4 Å². The Morgan fingerprint density at radius 3 is 2.96 bits per heavy atom. The molecule has 1 amide bonds. The number of fused-ring (bicyclic) bond motifs is 1. The molecule has 1 aliphatic rings. The Balaban J connectivity index is 1.87. The van der Waals surface area contributed by atoms with E-state index in [1.807, 2.05) is 24.9 Å². The van der Waals surface area contributed by atoms with Crippen LogP contribution in [0.5, 0.6) is 0 Å². The molecule has 1 aromatic heterocycles. The summed E-state index contributed by atoms with van der Waals surface area (Å²) in [5.41, 5.74) is 5.75. The van der Waals surface area contributed by atoms with E-state index in [0.717, 1.165) is 29.8 Å². The molecular formula is C18H22ClN3O2. The number of alkyl halides is 1. The van der Waals surface area contributed by atoms with Crippen molar-refractivity contribution in [3.63, 3.8) is 0 Å². The first kappa shape index (κ1) is 17.0. The number of aryl methyl sites for hydroxylation is 2. The van der Waals surface area contributed by atoms with Crippen LogP contribution in [0.15, 0.2) is 24.4 Å². The molecular weight excluding hydrogens is 326 g/mol. The third-order valence-electron chi connectivity index (χ3n) is 4.57. The first-order chi connectivity index (χ1) is 11.6. The van der Waals surface area contributed by atoms with Crippen LogP contribution in [-0.2, 0) is 42.7 Å². The largest absolute Gasteiger partial charge is 0.376 e. The van der Waals surface area contributed by atoms with Crippen LogP contribution in [0, 0.1) is 6.92 Å². The molecule has 128 valence electrons. The lowest BCUT2D eigenvalue weighted by molar-refractivity contribution is -0.129. The van der Waals surface area contributed by atoms with E-state index in [0.29, 0.717) is 19.7 Å². The van der Waals surface area contributed by atoms with Crippen LogP contribution < -0.4 is 0 Å². The second-order valence-corrected chi connectivity index (χ2v) is 6.41. The number of ether oxygens (including phenoxy) is 1. The summed E-state index contributed by atoms with van der Waals surface area (Å²) in [4.78, 5) is 14.2. The first-order valence-corrected chi connectivity index (χ1v) is 8.62. The van der Waals surface area contributed by atoms with Crippen LogP contribution in [-0.4, -0.2) is 33.1 Å². The third kappa shape index (κ3) is 3.47. The van der Waals surface area contributed by atoms with Crippen molar-refractivity contribution < 1.29 is 9.53 Å². The van der Waals surface area contributed by atoms with Gasteiger partial charge in [0.1, 0.15) is 5.88 Å². The van der Waals surface area contributed by atoms with Crippen molar-refractivity contribution in [2.45, 2.75) is 33.0 Å². The van der Waals surface area contributed by atoms with Gasteiger partial charge in [0.05, 0.1) is 31.6 Å². The molecule has 1 aromatic carbocycles. The molecule has 0 saturated heterocycles. The van der Waals surface area contributed by atoms with Gasteiger partial charge in [-0.25, -0.2) is 0 Å². The number of rotatable bonds is 5. The highest BCUT2D eigenvalue weighted by molar-refractivity contribution is 6.27. The van der Waals surface area contributed by atoms with Crippen LogP contribution >= 0.6 is 11.6 Å². The van der Waals surface area contributed by atoms with Crippen molar-refractivity contribution >= 4 is 17.5 Å². The lowest BCUT2D eigenvalue weighted by atomic mass is 9.97. The van der Waals surface area contributed by atoms with Crippen molar-refractivity contribution in [2.24, 2.45) is 7.05 Å². The summed E-state index contributed by atoms with van der Waals surface area (Å²) < 4.78 is 7.42. The molecule has 0 atom stereocenters. The zero-order valence-electron chi connectivity index (χ0n) is 14.1. The van der Waals surface area contributed by atoms with Gasteiger partial charge in [0, 0.05) is 13.6 Å². The van der Waals surface area contributed by atoms with Gasteiger partial charge in [-0.1, -0.05) is 18.2 Å². The monoisotopic (exact) mass is 347 g/mol. The van der Waals surface area contributed by atoms with Crippen molar-refractivity contribution in [1.82, 2.24) is 14.7 Å². The Bertz CT molecular complexity index is 722. The van der Waals surface area contributed by atoms with E-state index in [9.17, 15) is 4.79 Å². The van der Waals surface area contributed by atoms with Crippen molar-refractivity contribution in [1.29, 1.82) is 0 Å². The number of hydrogen-bond acceptors (Lipinski definition) is 3. The molecule has 5 nitrogen and oxygen atoms in total. The fraction of sp³-hybridized carbons (Fsp3) is 0.444. The standard InChI is InChI=1S/C18H22ClN3O2/c1-13-9-20-21(2)17(13)11-22(18(23)8-19)10-15-5-3-4-14-6-7-24-12-16(14)15/h3-5,9H,6-8,10-12H2,1-2H3. The zero-order valence-corrected chi connectivity index (χ0v) is 14.8. The average molecular weight is 348 g/mol. The maximum absolute atomic E-state index is 12.4. The predicted molar refractivity (Wildman–Crippen MR) is 92.7 cm³/mol. The molecule has 0 fully saturated rings. The number of halogens is 1. The number of hydrogen-bond donors (Lipinski definition) is 0. The minimum absolute atomic E-state index is 0.0254. The Labute approximate surface area is 147 Å². The van der Waals surface area contributed by atoms with Gasteiger partial charge in [-0.2, -0.15) is 5.10 Å². The highest BCUT2D eigenvalue weighted by Crippen LogP contribution is 2.23. The summed E-state index contributed by atoms with van der Waals surface area (Å²) in [5, 5.41) is 4.26. The van der Waals surface area contributed by atoms with Crippen molar-refractivity contribution in [2.75, 3.05) is 12.5 Å². The molecule has 0 aliphatic carbocycles. The summed E-state index contributed by atoms with van der Waals surface area (Å²) >= 11 is 5.84. The molecule has 0 N–H and O–H groups in total. The molecule has 0 radical (unpaired) electrons. The molecule has 0 spiro atoms. The average Bonchev–Trinajstić information content (AvgIpc) is 2.92. The summed E-state index contributed by atoms with van der Waals surface area (Å²) in [6, 6.07) is 6.26. The highest BCUT2D eigenvalue weighted by Gasteiger charge is 2.20. The maximum atomic E-state index is 12.4. The molecule has 3 rings (SSSR count). The van der Waals surface area contributed by atoms with Crippen LogP contribution in [0.25, 0.3) is 0 Å². The molecule has 2 heterocycles. The van der Waals surface area contributed by atoms with E-state index in [1.54, 1.807) is 4.90 Å². The van der Waals surface area contributed by atoms with Gasteiger partial charge >= 0.3 is 0 Å². The Kier molecular flexibility index (Phi) is 5.21. The van der Waals surface area contributed by atoms with E-state index < -0.39 is 0 Å². The maximum Gasteiger partial charge on any atom is 0.238 e. The Hall–Kier alpha value is -1.85. The van der Waals surface area contributed by atoms with Gasteiger partial charge in [-0.3, -0.25) is 9.48 Å². The van der Waals surface area contributed by atoms with Gasteiger partial charge in [0.15, 0.2) is 0 Å². The number of aromatic nitrogens is 2. The predicted octanol–water partition coefficient (Wildman–Crippen LogP) is 2.57. The van der Waals surface area contributed by atoms with Crippen LogP contribution in [0.1, 0.15) is 27.9 Å². The minimum Gasteiger partial charge on any atom is -0.376 e. The molecule has 6 heteroatoms. The Morgan fingerprint density at radius 1 is 1.42 bits per heavy atom. The molecule has 0 bridgehead atoms. The van der Waals surface area contributed by atoms with Crippen LogP contribution in [0.4, 0.5) is 0 Å². The normalized spacial score (nSPS) is 13.6. The van der Waals surface area contributed by atoms with Crippen LogP contribution in [0.3, 0.4) is 0 Å². The second-order valence-electron chi connectivity index (χ2n) is 6.14. The third-order valence-corrected chi connectivity index (χ3v) is 4.80. The van der Waals surface area contributed by atoms with Gasteiger partial charge in [0.2, 0.25) is 5.91 Å². The number of carbonyl (C=O) groups excluding carboxylic acids is 1. The second kappa shape index (κ2) is 7.36. The summed E-state index contributed by atoms with van der Waals surface area (Å²) in [6.45, 7) is 4.40. The quantitative estimate of drug-likeness (QED) is 0.781. The molecule has 0 saturated carbocycles. The van der Waals surface area contributed by atoms with Crippen molar-refractivity contribution in [3.8, 4) is 0 Å². The molecule has 2 aromatic rings. The number of benzene rings is 1. The van der Waals surface area contributed by atoms with Gasteiger partial charge in [0.25, 0.3) is 0 Å². The van der Waals surface area contributed by atoms with E-state index >= 15 is 0 Å². The zero-order chi connectivity index (χ0) is 17.1. The van der Waals surface area contributed by atoms with Crippen LogP contribution in [0.2, 0.25) is 0 Å². The summed E-state index contributed by atoms with van der Waals surface area (Å²) in [5.74, 6) is -0.103. The molecule has 24 heavy (non-hydrogen) atoms. The minimum atomic E-state index is -0.0772. The number of carbonyl (C=O) groups is 1. The number of nitrogens with zero attached hydrogens (tertiary/aromatic N) is 3. The lowest BCUT2D eigenvalue weighted by Crippen LogP contribution is -2.32. The molecule has 1 aliphatic heterocycles. The van der Waals surface area contributed by atoms with Gasteiger partial charge in [-0.15, -0.1) is 11.6 Å². The fourth-order valence-corrected chi connectivity index (χ4v) is 3.28. The van der Waals surface area contributed by atoms with Gasteiger partial charge < -0.3 is 9.64 Å². The lowest BCUT2D eigenvalue weighted by Gasteiger charge is -2.26. The van der Waals surface area contributed by atoms with E-state index in [1.165, 1.54) is 11.1 Å². The smallest absolute Gasteiger partial charge is 0.238 e. The fourth-order valence-electron chi connectivity index (χ4n) is 3.11. The summed E-state index contributed by atoms with van der Waals surface area (Å²) in [6.07, 6.45) is 2.74. The Morgan fingerprint density at radius 2 is 2.25 bits per heavy atom. The van der Waals surface area contributed by atoms with Crippen molar-refractivity contribution in [3.05, 3.63) is 52.3 Å². The van der Waals surface area contributed by atoms with Gasteiger partial charge in [-0.05, 0) is 35.6 Å². The SMILES string of the molecule is Cc1cnn(C)c1CN(Cc1cccc2c1COCC2)C(=O)CCl. The molecule has 0 unspecified atom stereocenters. The van der Waals surface area contributed by atoms with E-state index in [2.05, 4.69) is 23.3 Å². The summed E-state index contributed by atoms with van der Waals surface area (Å²) in [7, 11) is 1.89. The van der Waals surface area contributed by atoms with E-state index in [4.69, 9.17) is 16.3 Å². The number of amides is 1.